The highest BCUT2D eigenvalue weighted by molar-refractivity contribution is 7.10. The number of carbonyl (C=O) groups excluding carboxylic acids is 1. The molecule has 1 fully saturated rings. The number of rotatable bonds is 3. The highest BCUT2D eigenvalue weighted by Crippen LogP contribution is 2.27. The van der Waals surface area contributed by atoms with Crippen molar-refractivity contribution in [2.75, 3.05) is 11.9 Å². The van der Waals surface area contributed by atoms with Gasteiger partial charge in [0.1, 0.15) is 6.04 Å². The molecule has 0 spiro atoms. The van der Waals surface area contributed by atoms with E-state index in [1.165, 1.54) is 4.88 Å². The predicted octanol–water partition coefficient (Wildman–Crippen LogP) is 2.61. The molecule has 1 saturated heterocycles. The maximum atomic E-state index is 12.0. The summed E-state index contributed by atoms with van der Waals surface area (Å²) in [5, 5.41) is 13.7. The molecule has 1 aliphatic heterocycles. The third kappa shape index (κ3) is 2.41. The van der Waals surface area contributed by atoms with Crippen LogP contribution in [0.15, 0.2) is 35.7 Å². The van der Waals surface area contributed by atoms with Crippen LogP contribution >= 0.6 is 11.3 Å². The van der Waals surface area contributed by atoms with E-state index < -0.39 is 0 Å². The van der Waals surface area contributed by atoms with E-state index in [1.807, 2.05) is 24.3 Å². The largest absolute Gasteiger partial charge is 0.354 e. The van der Waals surface area contributed by atoms with Gasteiger partial charge in [0.25, 0.3) is 0 Å². The third-order valence-electron chi connectivity index (χ3n) is 4.52. The van der Waals surface area contributed by atoms with Gasteiger partial charge in [-0.25, -0.2) is 9.97 Å². The van der Waals surface area contributed by atoms with Gasteiger partial charge in [-0.05, 0) is 31.5 Å². The molecular formula is C18H16N6OS. The van der Waals surface area contributed by atoms with Crippen LogP contribution < -0.4 is 10.6 Å². The lowest BCUT2D eigenvalue weighted by molar-refractivity contribution is -0.119. The average Bonchev–Trinajstić information content (AvgIpc) is 3.35. The van der Waals surface area contributed by atoms with E-state index in [4.69, 9.17) is 4.98 Å². The lowest BCUT2D eigenvalue weighted by Crippen LogP contribution is -2.30. The minimum atomic E-state index is -0.303. The molecule has 0 bridgehead atoms. The molecule has 0 saturated carbocycles. The molecule has 26 heavy (non-hydrogen) atoms. The number of carbonyl (C=O) groups is 1. The van der Waals surface area contributed by atoms with E-state index in [1.54, 1.807) is 15.9 Å². The molecule has 1 aliphatic rings. The fourth-order valence-electron chi connectivity index (χ4n) is 3.22. The Balaban J connectivity index is 1.71. The molecule has 2 N–H and O–H groups in total. The molecule has 3 aromatic heterocycles. The first-order valence-electron chi connectivity index (χ1n) is 8.44. The standard InChI is InChI=1S/C18H16N6OS/c1-10-8-11(9-26-10)15-22-16-12-4-2-3-5-13(12)20-18(24(16)23-15)21-14-6-7-19-17(14)25/h2-5,8-9,14H,6-7H2,1H3,(H,19,25)(H,20,21)/t14-/m1/s1. The number of benzene rings is 1. The van der Waals surface area contributed by atoms with Gasteiger partial charge in [0.2, 0.25) is 11.9 Å². The van der Waals surface area contributed by atoms with Crippen LogP contribution in [0.4, 0.5) is 5.95 Å². The Labute approximate surface area is 153 Å². The van der Waals surface area contributed by atoms with Crippen molar-refractivity contribution in [1.29, 1.82) is 0 Å². The number of nitrogens with zero attached hydrogens (tertiary/aromatic N) is 4. The number of para-hydroxylation sites is 1. The van der Waals surface area contributed by atoms with Crippen molar-refractivity contribution in [3.8, 4) is 11.4 Å². The molecule has 5 rings (SSSR count). The van der Waals surface area contributed by atoms with E-state index in [0.29, 0.717) is 18.3 Å². The van der Waals surface area contributed by atoms with Crippen molar-refractivity contribution in [2.24, 2.45) is 0 Å². The molecule has 8 heteroatoms. The monoisotopic (exact) mass is 364 g/mol. The summed E-state index contributed by atoms with van der Waals surface area (Å²) < 4.78 is 1.70. The van der Waals surface area contributed by atoms with Crippen LogP contribution in [0.1, 0.15) is 11.3 Å². The summed E-state index contributed by atoms with van der Waals surface area (Å²) in [6.45, 7) is 2.73. The van der Waals surface area contributed by atoms with E-state index in [0.717, 1.165) is 28.5 Å². The fraction of sp³-hybridized carbons (Fsp3) is 0.222. The maximum Gasteiger partial charge on any atom is 0.242 e. The topological polar surface area (TPSA) is 84.2 Å². The Morgan fingerprint density at radius 2 is 2.19 bits per heavy atom. The molecule has 1 aromatic carbocycles. The summed E-state index contributed by atoms with van der Waals surface area (Å²) in [6.07, 6.45) is 0.722. The zero-order valence-electron chi connectivity index (χ0n) is 14.1. The molecule has 1 amide bonds. The van der Waals surface area contributed by atoms with Crippen molar-refractivity contribution in [3.05, 3.63) is 40.6 Å². The molecule has 1 atom stereocenters. The number of nitrogens with one attached hydrogen (secondary N) is 2. The first-order chi connectivity index (χ1) is 12.7. The molecule has 0 radical (unpaired) electrons. The number of anilines is 1. The highest BCUT2D eigenvalue weighted by Gasteiger charge is 2.26. The molecule has 4 heterocycles. The average molecular weight is 364 g/mol. The number of amides is 1. The van der Waals surface area contributed by atoms with Crippen LogP contribution in [-0.4, -0.2) is 38.1 Å². The Kier molecular flexibility index (Phi) is 3.39. The van der Waals surface area contributed by atoms with Gasteiger partial charge < -0.3 is 10.6 Å². The fourth-order valence-corrected chi connectivity index (χ4v) is 3.90. The first kappa shape index (κ1) is 15.3. The van der Waals surface area contributed by atoms with E-state index >= 15 is 0 Å². The minimum Gasteiger partial charge on any atom is -0.354 e. The lowest BCUT2D eigenvalue weighted by atomic mass is 10.2. The summed E-state index contributed by atoms with van der Waals surface area (Å²) in [7, 11) is 0. The SMILES string of the molecule is Cc1cc(-c2nc3c4ccccc4nc(N[C@@H]4CCNC4=O)n3n2)cs1. The summed E-state index contributed by atoms with van der Waals surface area (Å²) in [4.78, 5) is 22.6. The van der Waals surface area contributed by atoms with Gasteiger partial charge >= 0.3 is 0 Å². The van der Waals surface area contributed by atoms with Crippen molar-refractivity contribution < 1.29 is 4.79 Å². The van der Waals surface area contributed by atoms with Crippen LogP contribution in [0.5, 0.6) is 0 Å². The van der Waals surface area contributed by atoms with Crippen molar-refractivity contribution >= 4 is 39.7 Å². The van der Waals surface area contributed by atoms with E-state index in [2.05, 4.69) is 39.1 Å². The summed E-state index contributed by atoms with van der Waals surface area (Å²) in [6, 6.07) is 9.61. The van der Waals surface area contributed by atoms with Crippen molar-refractivity contribution in [3.63, 3.8) is 0 Å². The van der Waals surface area contributed by atoms with Gasteiger partial charge in [-0.15, -0.1) is 16.4 Å². The van der Waals surface area contributed by atoms with Gasteiger partial charge in [-0.2, -0.15) is 4.52 Å². The number of aryl methyl sites for hydroxylation is 1. The van der Waals surface area contributed by atoms with Crippen LogP contribution in [0, 0.1) is 6.92 Å². The van der Waals surface area contributed by atoms with Gasteiger partial charge in [-0.1, -0.05) is 12.1 Å². The second-order valence-electron chi connectivity index (χ2n) is 6.35. The number of thiophene rings is 1. The van der Waals surface area contributed by atoms with Crippen LogP contribution in [-0.2, 0) is 4.79 Å². The second kappa shape index (κ2) is 5.77. The quantitative estimate of drug-likeness (QED) is 0.584. The molecule has 0 aliphatic carbocycles. The zero-order valence-corrected chi connectivity index (χ0v) is 14.9. The van der Waals surface area contributed by atoms with Crippen LogP contribution in [0.25, 0.3) is 27.9 Å². The van der Waals surface area contributed by atoms with Crippen LogP contribution in [0.2, 0.25) is 0 Å². The Bertz CT molecular complexity index is 1150. The van der Waals surface area contributed by atoms with Crippen molar-refractivity contribution in [2.45, 2.75) is 19.4 Å². The molecule has 130 valence electrons. The van der Waals surface area contributed by atoms with Gasteiger partial charge in [0.05, 0.1) is 5.52 Å². The highest BCUT2D eigenvalue weighted by atomic mass is 32.1. The van der Waals surface area contributed by atoms with Gasteiger partial charge in [0.15, 0.2) is 11.5 Å². The Morgan fingerprint density at radius 1 is 1.31 bits per heavy atom. The molecule has 7 nitrogen and oxygen atoms in total. The molecule has 4 aromatic rings. The Morgan fingerprint density at radius 3 is 2.96 bits per heavy atom. The van der Waals surface area contributed by atoms with Gasteiger partial charge in [0, 0.05) is 27.8 Å². The van der Waals surface area contributed by atoms with E-state index in [-0.39, 0.29) is 11.9 Å². The number of hydrogen-bond acceptors (Lipinski definition) is 6. The summed E-state index contributed by atoms with van der Waals surface area (Å²) in [5.41, 5.74) is 2.54. The van der Waals surface area contributed by atoms with Crippen molar-refractivity contribution in [1.82, 2.24) is 24.9 Å². The smallest absolute Gasteiger partial charge is 0.242 e. The van der Waals surface area contributed by atoms with E-state index in [9.17, 15) is 4.79 Å². The number of hydrogen-bond donors (Lipinski definition) is 2. The summed E-state index contributed by atoms with van der Waals surface area (Å²) in [5.74, 6) is 1.18. The number of fused-ring (bicyclic) bond motifs is 3. The molecular weight excluding hydrogens is 348 g/mol. The lowest BCUT2D eigenvalue weighted by Gasteiger charge is -2.12. The zero-order chi connectivity index (χ0) is 17.7. The summed E-state index contributed by atoms with van der Waals surface area (Å²) >= 11 is 1.67. The normalized spacial score (nSPS) is 17.1. The van der Waals surface area contributed by atoms with Gasteiger partial charge in [-0.3, -0.25) is 4.79 Å². The number of aromatic nitrogens is 4. The first-order valence-corrected chi connectivity index (χ1v) is 9.32. The predicted molar refractivity (Wildman–Crippen MR) is 101 cm³/mol. The Hall–Kier alpha value is -3.00. The second-order valence-corrected chi connectivity index (χ2v) is 7.46. The molecule has 0 unspecified atom stereocenters. The minimum absolute atomic E-state index is 0.0121. The van der Waals surface area contributed by atoms with Crippen LogP contribution in [0.3, 0.4) is 0 Å². The third-order valence-corrected chi connectivity index (χ3v) is 5.38. The maximum absolute atomic E-state index is 12.0.